The van der Waals surface area contributed by atoms with Gasteiger partial charge >= 0.3 is 0 Å². The van der Waals surface area contributed by atoms with Gasteiger partial charge in [0.1, 0.15) is 0 Å². The Morgan fingerprint density at radius 2 is 2.10 bits per heavy atom. The summed E-state index contributed by atoms with van der Waals surface area (Å²) in [5.74, 6) is 0.781. The van der Waals surface area contributed by atoms with Gasteiger partial charge < -0.3 is 5.73 Å². The van der Waals surface area contributed by atoms with Gasteiger partial charge in [-0.2, -0.15) is 0 Å². The maximum absolute atomic E-state index is 6.46. The minimum Gasteiger partial charge on any atom is -0.326 e. The van der Waals surface area contributed by atoms with Crippen LogP contribution in [0.5, 0.6) is 0 Å². The Balaban J connectivity index is 2.21. The Morgan fingerprint density at radius 1 is 1.40 bits per heavy atom. The molecule has 0 bridgehead atoms. The summed E-state index contributed by atoms with van der Waals surface area (Å²) in [6.45, 7) is 4.59. The molecular formula is C16H27BrN2S. The summed E-state index contributed by atoms with van der Waals surface area (Å²) >= 11 is 5.42. The molecule has 1 aromatic heterocycles. The lowest BCUT2D eigenvalue weighted by Gasteiger charge is -2.42. The molecule has 20 heavy (non-hydrogen) atoms. The van der Waals surface area contributed by atoms with Crippen LogP contribution in [-0.2, 0) is 0 Å². The lowest BCUT2D eigenvalue weighted by molar-refractivity contribution is 0.0840. The maximum Gasteiger partial charge on any atom is 0.0702 e. The lowest BCUT2D eigenvalue weighted by atomic mass is 9.83. The summed E-state index contributed by atoms with van der Waals surface area (Å²) in [6.07, 6.45) is 6.45. The summed E-state index contributed by atoms with van der Waals surface area (Å²) in [7, 11) is 2.28. The third kappa shape index (κ3) is 3.65. The highest BCUT2D eigenvalue weighted by Crippen LogP contribution is 2.37. The summed E-state index contributed by atoms with van der Waals surface area (Å²) in [5.41, 5.74) is 6.46. The van der Waals surface area contributed by atoms with Crippen molar-refractivity contribution in [1.82, 2.24) is 4.90 Å². The van der Waals surface area contributed by atoms with E-state index in [1.54, 1.807) is 0 Å². The van der Waals surface area contributed by atoms with Crippen LogP contribution in [0.2, 0.25) is 0 Å². The first-order chi connectivity index (χ1) is 9.54. The minimum absolute atomic E-state index is 0.208. The number of nitrogens with zero attached hydrogens (tertiary/aromatic N) is 1. The monoisotopic (exact) mass is 358 g/mol. The van der Waals surface area contributed by atoms with Crippen molar-refractivity contribution in [2.45, 2.75) is 64.1 Å². The van der Waals surface area contributed by atoms with E-state index >= 15 is 0 Å². The van der Waals surface area contributed by atoms with Gasteiger partial charge in [-0.15, -0.1) is 11.3 Å². The molecule has 1 heterocycles. The van der Waals surface area contributed by atoms with Crippen molar-refractivity contribution >= 4 is 27.3 Å². The fourth-order valence-corrected chi connectivity index (χ4v) is 5.18. The Kier molecular flexibility index (Phi) is 6.09. The Morgan fingerprint density at radius 3 is 2.65 bits per heavy atom. The van der Waals surface area contributed by atoms with Crippen LogP contribution in [-0.4, -0.2) is 24.0 Å². The van der Waals surface area contributed by atoms with Gasteiger partial charge in [0, 0.05) is 17.0 Å². The number of halogens is 1. The third-order valence-corrected chi connectivity index (χ3v) is 6.48. The summed E-state index contributed by atoms with van der Waals surface area (Å²) in [4.78, 5) is 3.96. The van der Waals surface area contributed by atoms with Gasteiger partial charge in [-0.1, -0.05) is 26.7 Å². The summed E-state index contributed by atoms with van der Waals surface area (Å²) < 4.78 is 1.20. The molecule has 1 aromatic rings. The molecule has 1 aliphatic rings. The molecule has 1 aliphatic carbocycles. The topological polar surface area (TPSA) is 29.3 Å². The number of thiophene rings is 1. The average Bonchev–Trinajstić information content (AvgIpc) is 2.85. The van der Waals surface area contributed by atoms with E-state index in [-0.39, 0.29) is 6.04 Å². The van der Waals surface area contributed by atoms with E-state index in [1.807, 2.05) is 11.3 Å². The Hall–Kier alpha value is 0.1000. The van der Waals surface area contributed by atoms with E-state index in [1.165, 1.54) is 34.3 Å². The number of hydrogen-bond donors (Lipinski definition) is 1. The summed E-state index contributed by atoms with van der Waals surface area (Å²) in [5, 5.41) is 0. The molecule has 114 valence electrons. The van der Waals surface area contributed by atoms with Crippen molar-refractivity contribution in [2.75, 3.05) is 7.05 Å². The van der Waals surface area contributed by atoms with Gasteiger partial charge in [-0.05, 0) is 60.3 Å². The quantitative estimate of drug-likeness (QED) is 0.818. The fraction of sp³-hybridized carbons (Fsp3) is 0.750. The molecule has 0 saturated heterocycles. The maximum atomic E-state index is 6.46. The van der Waals surface area contributed by atoms with E-state index in [2.05, 4.69) is 53.9 Å². The molecule has 0 aromatic carbocycles. The van der Waals surface area contributed by atoms with Crippen LogP contribution in [0.1, 0.15) is 56.9 Å². The normalized spacial score (nSPS) is 26.7. The molecule has 0 amide bonds. The second kappa shape index (κ2) is 7.39. The molecule has 4 heteroatoms. The zero-order valence-electron chi connectivity index (χ0n) is 12.8. The van der Waals surface area contributed by atoms with Gasteiger partial charge in [0.05, 0.1) is 9.83 Å². The molecular weight excluding hydrogens is 332 g/mol. The van der Waals surface area contributed by atoms with Crippen molar-refractivity contribution in [1.29, 1.82) is 0 Å². The van der Waals surface area contributed by atoms with Gasteiger partial charge in [-0.3, -0.25) is 4.90 Å². The van der Waals surface area contributed by atoms with Crippen molar-refractivity contribution in [3.63, 3.8) is 0 Å². The van der Waals surface area contributed by atoms with Crippen molar-refractivity contribution < 1.29 is 0 Å². The second-order valence-electron chi connectivity index (χ2n) is 6.15. The minimum atomic E-state index is 0.208. The van der Waals surface area contributed by atoms with Crippen molar-refractivity contribution in [3.05, 3.63) is 20.8 Å². The van der Waals surface area contributed by atoms with Crippen LogP contribution in [0.4, 0.5) is 0 Å². The SMILES string of the molecule is CCC(N)C(c1ccc(Br)s1)N(C)C1CCCCC1C. The molecule has 1 fully saturated rings. The Bertz CT molecular complexity index is 420. The van der Waals surface area contributed by atoms with E-state index in [0.717, 1.165) is 12.3 Å². The van der Waals surface area contributed by atoms with Crippen molar-refractivity contribution in [3.8, 4) is 0 Å². The molecule has 2 rings (SSSR count). The Labute approximate surface area is 135 Å². The molecule has 4 unspecified atom stereocenters. The zero-order chi connectivity index (χ0) is 14.7. The third-order valence-electron chi connectivity index (χ3n) is 4.79. The van der Waals surface area contributed by atoms with Crippen LogP contribution in [0.3, 0.4) is 0 Å². The average molecular weight is 359 g/mol. The lowest BCUT2D eigenvalue weighted by Crippen LogP contribution is -2.47. The fourth-order valence-electron chi connectivity index (χ4n) is 3.53. The molecule has 4 atom stereocenters. The first-order valence-corrected chi connectivity index (χ1v) is 9.38. The highest BCUT2D eigenvalue weighted by Gasteiger charge is 2.33. The predicted molar refractivity (Wildman–Crippen MR) is 92.2 cm³/mol. The van der Waals surface area contributed by atoms with E-state index in [9.17, 15) is 0 Å². The van der Waals surface area contributed by atoms with E-state index in [0.29, 0.717) is 12.1 Å². The van der Waals surface area contributed by atoms with E-state index in [4.69, 9.17) is 5.73 Å². The number of likely N-dealkylation sites (N-methyl/N-ethyl adjacent to an activating group) is 1. The smallest absolute Gasteiger partial charge is 0.0702 e. The molecule has 2 N–H and O–H groups in total. The van der Waals surface area contributed by atoms with Crippen LogP contribution < -0.4 is 5.73 Å². The first-order valence-electron chi connectivity index (χ1n) is 7.77. The zero-order valence-corrected chi connectivity index (χ0v) is 15.2. The predicted octanol–water partition coefficient (Wildman–Crippen LogP) is 4.80. The highest BCUT2D eigenvalue weighted by atomic mass is 79.9. The van der Waals surface area contributed by atoms with Crippen LogP contribution in [0.25, 0.3) is 0 Å². The van der Waals surface area contributed by atoms with Crippen LogP contribution in [0, 0.1) is 5.92 Å². The van der Waals surface area contributed by atoms with Crippen molar-refractivity contribution in [2.24, 2.45) is 11.7 Å². The van der Waals surface area contributed by atoms with Gasteiger partial charge in [-0.25, -0.2) is 0 Å². The standard InChI is InChI=1S/C16H27BrN2S/c1-4-12(18)16(14-9-10-15(17)20-14)19(3)13-8-6-5-7-11(13)2/h9-13,16H,4-8,18H2,1-3H3. The van der Waals surface area contributed by atoms with E-state index < -0.39 is 0 Å². The number of rotatable bonds is 5. The van der Waals surface area contributed by atoms with Gasteiger partial charge in [0.15, 0.2) is 0 Å². The molecule has 1 saturated carbocycles. The van der Waals surface area contributed by atoms with Crippen LogP contribution >= 0.6 is 27.3 Å². The molecule has 2 nitrogen and oxygen atoms in total. The first kappa shape index (κ1) is 16.5. The number of hydrogen-bond acceptors (Lipinski definition) is 3. The molecule has 0 aliphatic heterocycles. The molecule has 0 radical (unpaired) electrons. The number of nitrogens with two attached hydrogens (primary N) is 1. The molecule has 0 spiro atoms. The second-order valence-corrected chi connectivity index (χ2v) is 8.65. The largest absolute Gasteiger partial charge is 0.326 e. The summed E-state index contributed by atoms with van der Waals surface area (Å²) in [6, 6.07) is 5.61. The van der Waals surface area contributed by atoms with Gasteiger partial charge in [0.2, 0.25) is 0 Å². The van der Waals surface area contributed by atoms with Crippen LogP contribution in [0.15, 0.2) is 15.9 Å². The highest BCUT2D eigenvalue weighted by molar-refractivity contribution is 9.11. The van der Waals surface area contributed by atoms with Gasteiger partial charge in [0.25, 0.3) is 0 Å².